The van der Waals surface area contributed by atoms with Gasteiger partial charge in [-0.2, -0.15) is 0 Å². The first-order valence-electron chi connectivity index (χ1n) is 10.0. The van der Waals surface area contributed by atoms with Gasteiger partial charge in [-0.1, -0.05) is 51.0 Å². The first-order valence-corrected chi connectivity index (χ1v) is 10.9. The summed E-state index contributed by atoms with van der Waals surface area (Å²) in [6, 6.07) is 8.49. The largest absolute Gasteiger partial charge is 0.455 e. The molecule has 150 valence electrons. The van der Waals surface area contributed by atoms with Crippen LogP contribution in [0.3, 0.4) is 0 Å². The second-order valence-corrected chi connectivity index (χ2v) is 8.33. The second-order valence-electron chi connectivity index (χ2n) is 7.47. The number of nitrogens with zero attached hydrogens (tertiary/aromatic N) is 1. The van der Waals surface area contributed by atoms with Crippen molar-refractivity contribution in [2.45, 2.75) is 58.4 Å². The molecule has 0 bridgehead atoms. The number of carbonyl (C=O) groups is 2. The quantitative estimate of drug-likeness (QED) is 0.709. The van der Waals surface area contributed by atoms with Gasteiger partial charge in [0.15, 0.2) is 6.61 Å². The fraction of sp³-hybridized carbons (Fsp3) is 0.500. The molecule has 1 saturated carbocycles. The highest BCUT2D eigenvalue weighted by Crippen LogP contribution is 2.25. The molecule has 1 aromatic heterocycles. The Morgan fingerprint density at radius 3 is 2.68 bits per heavy atom. The minimum Gasteiger partial charge on any atom is -0.455 e. The molecular formula is C22H28N2O3S. The zero-order valence-corrected chi connectivity index (χ0v) is 17.4. The van der Waals surface area contributed by atoms with Crippen LogP contribution in [-0.4, -0.2) is 29.5 Å². The molecule has 1 aliphatic rings. The number of esters is 1. The molecule has 1 fully saturated rings. The normalized spacial score (nSPS) is 19.2. The summed E-state index contributed by atoms with van der Waals surface area (Å²) in [5.74, 6) is -0.166. The first-order chi connectivity index (χ1) is 13.5. The topological polar surface area (TPSA) is 68.3 Å². The monoisotopic (exact) mass is 400 g/mol. The van der Waals surface area contributed by atoms with Crippen molar-refractivity contribution in [3.8, 4) is 10.6 Å². The van der Waals surface area contributed by atoms with Gasteiger partial charge in [0.1, 0.15) is 5.01 Å². The molecule has 2 aromatic rings. The number of amides is 1. The van der Waals surface area contributed by atoms with E-state index in [1.54, 1.807) is 0 Å². The van der Waals surface area contributed by atoms with Gasteiger partial charge < -0.3 is 10.1 Å². The second kappa shape index (κ2) is 9.82. The van der Waals surface area contributed by atoms with E-state index >= 15 is 0 Å². The van der Waals surface area contributed by atoms with Crippen LogP contribution in [0, 0.1) is 5.92 Å². The zero-order valence-electron chi connectivity index (χ0n) is 16.6. The van der Waals surface area contributed by atoms with Crippen LogP contribution in [0.1, 0.15) is 50.8 Å². The predicted octanol–water partition coefficient (Wildman–Crippen LogP) is 4.15. The molecule has 0 aliphatic heterocycles. The fourth-order valence-electron chi connectivity index (χ4n) is 3.53. The minimum absolute atomic E-state index is 0.0800. The van der Waals surface area contributed by atoms with Crippen LogP contribution in [0.2, 0.25) is 0 Å². The van der Waals surface area contributed by atoms with E-state index < -0.39 is 5.97 Å². The molecular weight excluding hydrogens is 372 g/mol. The average Bonchev–Trinajstić information content (AvgIpc) is 3.16. The van der Waals surface area contributed by atoms with E-state index in [2.05, 4.69) is 48.4 Å². The van der Waals surface area contributed by atoms with Crippen molar-refractivity contribution >= 4 is 23.2 Å². The molecule has 1 amide bonds. The molecule has 3 rings (SSSR count). The lowest BCUT2D eigenvalue weighted by atomic mass is 9.86. The van der Waals surface area contributed by atoms with Crippen LogP contribution in [0.5, 0.6) is 0 Å². The van der Waals surface area contributed by atoms with E-state index in [4.69, 9.17) is 4.74 Å². The average molecular weight is 401 g/mol. The summed E-state index contributed by atoms with van der Waals surface area (Å²) in [6.45, 7) is 4.06. The van der Waals surface area contributed by atoms with Crippen molar-refractivity contribution in [1.29, 1.82) is 0 Å². The molecule has 1 aromatic carbocycles. The summed E-state index contributed by atoms with van der Waals surface area (Å²) in [7, 11) is 0. The number of aromatic nitrogens is 1. The van der Waals surface area contributed by atoms with Gasteiger partial charge in [-0.3, -0.25) is 9.59 Å². The van der Waals surface area contributed by atoms with E-state index in [1.165, 1.54) is 23.3 Å². The molecule has 1 heterocycles. The third-order valence-corrected chi connectivity index (χ3v) is 6.25. The molecule has 0 unspecified atom stereocenters. The Hall–Kier alpha value is -2.21. The number of nitrogens with one attached hydrogen (secondary N) is 1. The van der Waals surface area contributed by atoms with Gasteiger partial charge >= 0.3 is 5.97 Å². The maximum Gasteiger partial charge on any atom is 0.312 e. The van der Waals surface area contributed by atoms with Crippen molar-refractivity contribution < 1.29 is 14.3 Å². The fourth-order valence-corrected chi connectivity index (χ4v) is 4.35. The van der Waals surface area contributed by atoms with E-state index in [-0.39, 0.29) is 25.0 Å². The smallest absolute Gasteiger partial charge is 0.312 e. The van der Waals surface area contributed by atoms with Crippen LogP contribution < -0.4 is 5.32 Å². The number of thiazole rings is 1. The van der Waals surface area contributed by atoms with Crippen molar-refractivity contribution in [3.05, 3.63) is 40.9 Å². The Bertz CT molecular complexity index is 800. The lowest BCUT2D eigenvalue weighted by molar-refractivity contribution is -0.148. The molecule has 6 heteroatoms. The summed E-state index contributed by atoms with van der Waals surface area (Å²) >= 11 is 1.51. The minimum atomic E-state index is -0.426. The van der Waals surface area contributed by atoms with Crippen LogP contribution in [0.25, 0.3) is 10.6 Å². The standard InChI is InChI=1S/C22H28N2O3S/c1-3-16-8-10-17(11-9-16)22-23-18(14-28-22)12-21(26)27-13-20(25)24-19-7-5-4-6-15(19)2/h8-11,14-15,19H,3-7,12-13H2,1-2H3,(H,24,25)/t15-,19+/m0/s1. The van der Waals surface area contributed by atoms with Crippen molar-refractivity contribution in [3.63, 3.8) is 0 Å². The van der Waals surface area contributed by atoms with Gasteiger partial charge in [0.25, 0.3) is 5.91 Å². The number of rotatable bonds is 7. The number of ether oxygens (including phenoxy) is 1. The molecule has 1 N–H and O–H groups in total. The highest BCUT2D eigenvalue weighted by molar-refractivity contribution is 7.13. The first kappa shape index (κ1) is 20.5. The Morgan fingerprint density at radius 2 is 1.96 bits per heavy atom. The number of carbonyl (C=O) groups excluding carboxylic acids is 2. The molecule has 2 atom stereocenters. The van der Waals surface area contributed by atoms with Gasteiger partial charge in [0, 0.05) is 17.0 Å². The molecule has 0 radical (unpaired) electrons. The SMILES string of the molecule is CCc1ccc(-c2nc(CC(=O)OCC(=O)N[C@@H]3CCCC[C@@H]3C)cs2)cc1. The van der Waals surface area contributed by atoms with Crippen molar-refractivity contribution in [2.24, 2.45) is 5.92 Å². The van der Waals surface area contributed by atoms with Crippen LogP contribution in [0.15, 0.2) is 29.6 Å². The lowest BCUT2D eigenvalue weighted by Gasteiger charge is -2.29. The van der Waals surface area contributed by atoms with Gasteiger partial charge in [-0.15, -0.1) is 11.3 Å². The number of hydrogen-bond donors (Lipinski definition) is 1. The highest BCUT2D eigenvalue weighted by Gasteiger charge is 2.23. The molecule has 5 nitrogen and oxygen atoms in total. The number of aryl methyl sites for hydroxylation is 1. The molecule has 28 heavy (non-hydrogen) atoms. The summed E-state index contributed by atoms with van der Waals surface area (Å²) in [5, 5.41) is 5.75. The Labute approximate surface area is 170 Å². The lowest BCUT2D eigenvalue weighted by Crippen LogP contribution is -2.42. The van der Waals surface area contributed by atoms with E-state index in [1.807, 2.05) is 5.38 Å². The third-order valence-electron chi connectivity index (χ3n) is 5.31. The van der Waals surface area contributed by atoms with Crippen molar-refractivity contribution in [2.75, 3.05) is 6.61 Å². The van der Waals surface area contributed by atoms with E-state index in [0.29, 0.717) is 11.6 Å². The summed E-state index contributed by atoms with van der Waals surface area (Å²) < 4.78 is 5.14. The zero-order chi connectivity index (χ0) is 19.9. The van der Waals surface area contributed by atoms with Crippen LogP contribution >= 0.6 is 11.3 Å². The van der Waals surface area contributed by atoms with Gasteiger partial charge in [0.05, 0.1) is 12.1 Å². The van der Waals surface area contributed by atoms with Crippen LogP contribution in [-0.2, 0) is 27.2 Å². The van der Waals surface area contributed by atoms with Gasteiger partial charge in [-0.05, 0) is 30.7 Å². The van der Waals surface area contributed by atoms with Gasteiger partial charge in [0.2, 0.25) is 0 Å². The summed E-state index contributed by atoms with van der Waals surface area (Å²) in [5.41, 5.74) is 3.00. The molecule has 0 saturated heterocycles. The Morgan fingerprint density at radius 1 is 1.21 bits per heavy atom. The maximum absolute atomic E-state index is 12.1. The van der Waals surface area contributed by atoms with Crippen molar-refractivity contribution in [1.82, 2.24) is 10.3 Å². The van der Waals surface area contributed by atoms with Crippen LogP contribution in [0.4, 0.5) is 0 Å². The van der Waals surface area contributed by atoms with Gasteiger partial charge in [-0.25, -0.2) is 4.98 Å². The Balaban J connectivity index is 1.45. The third kappa shape index (κ3) is 5.64. The van der Waals surface area contributed by atoms with E-state index in [9.17, 15) is 9.59 Å². The summed E-state index contributed by atoms with van der Waals surface area (Å²) in [4.78, 5) is 28.6. The van der Waals surface area contributed by atoms with E-state index in [0.717, 1.165) is 36.3 Å². The molecule has 0 spiro atoms. The number of benzene rings is 1. The highest BCUT2D eigenvalue weighted by atomic mass is 32.1. The molecule has 1 aliphatic carbocycles. The summed E-state index contributed by atoms with van der Waals surface area (Å²) in [6.07, 6.45) is 5.59. The Kier molecular flexibility index (Phi) is 7.20. The predicted molar refractivity (Wildman–Crippen MR) is 111 cm³/mol. The number of hydrogen-bond acceptors (Lipinski definition) is 5. The maximum atomic E-state index is 12.1.